The van der Waals surface area contributed by atoms with E-state index in [1.807, 2.05) is 19.1 Å². The Labute approximate surface area is 162 Å². The van der Waals surface area contributed by atoms with E-state index in [-0.39, 0.29) is 11.4 Å². The molecule has 0 bridgehead atoms. The lowest BCUT2D eigenvalue weighted by molar-refractivity contribution is 0.191. The fraction of sp³-hybridized carbons (Fsp3) is 0.409. The summed E-state index contributed by atoms with van der Waals surface area (Å²) in [7, 11) is 0. The molecule has 2 aliphatic rings. The van der Waals surface area contributed by atoms with Crippen molar-refractivity contribution in [1.29, 1.82) is 0 Å². The number of aryl methyl sites for hydroxylation is 1. The van der Waals surface area contributed by atoms with E-state index in [0.29, 0.717) is 24.0 Å². The Morgan fingerprint density at radius 2 is 2.04 bits per heavy atom. The maximum Gasteiger partial charge on any atom is 0.262 e. The standard InChI is InChI=1S/C22H23FN4O/c1-14-18(21(28)27-9-2-8-24-22(27)25-14)7-10-26-12-16-11-19(20(16)13-26)15-3-5-17(23)6-4-15/h2-6,8-9,16,19-20H,7,10-13H2,1H3. The molecule has 1 aromatic carbocycles. The molecule has 0 N–H and O–H groups in total. The van der Waals surface area contributed by atoms with Crippen molar-refractivity contribution < 1.29 is 4.39 Å². The smallest absolute Gasteiger partial charge is 0.262 e. The van der Waals surface area contributed by atoms with E-state index < -0.39 is 0 Å². The number of rotatable bonds is 4. The minimum Gasteiger partial charge on any atom is -0.302 e. The molecule has 28 heavy (non-hydrogen) atoms. The topological polar surface area (TPSA) is 50.5 Å². The minimum absolute atomic E-state index is 0.0121. The van der Waals surface area contributed by atoms with E-state index in [0.717, 1.165) is 36.8 Å². The zero-order valence-corrected chi connectivity index (χ0v) is 15.9. The molecule has 144 valence electrons. The summed E-state index contributed by atoms with van der Waals surface area (Å²) in [5.74, 6) is 2.18. The molecule has 3 heterocycles. The molecule has 3 unspecified atom stereocenters. The van der Waals surface area contributed by atoms with Gasteiger partial charge in [0.15, 0.2) is 0 Å². The van der Waals surface area contributed by atoms with E-state index >= 15 is 0 Å². The SMILES string of the molecule is Cc1nc2ncccn2c(=O)c1CCN1CC2CC(c3ccc(F)cc3)C2C1. The Bertz CT molecular complexity index is 1080. The van der Waals surface area contributed by atoms with Crippen LogP contribution in [0.15, 0.2) is 47.5 Å². The second-order valence-corrected chi connectivity index (χ2v) is 8.10. The largest absolute Gasteiger partial charge is 0.302 e. The number of nitrogens with zero attached hydrogens (tertiary/aromatic N) is 4. The molecule has 2 fully saturated rings. The van der Waals surface area contributed by atoms with Crippen LogP contribution in [0.5, 0.6) is 0 Å². The van der Waals surface area contributed by atoms with Gasteiger partial charge in [-0.2, -0.15) is 0 Å². The van der Waals surface area contributed by atoms with Gasteiger partial charge in [0, 0.05) is 37.6 Å². The van der Waals surface area contributed by atoms with E-state index in [2.05, 4.69) is 14.9 Å². The first-order chi connectivity index (χ1) is 13.6. The highest BCUT2D eigenvalue weighted by Crippen LogP contribution is 2.51. The molecule has 0 radical (unpaired) electrons. The lowest BCUT2D eigenvalue weighted by Gasteiger charge is -2.40. The van der Waals surface area contributed by atoms with Gasteiger partial charge in [-0.05, 0) is 61.3 Å². The quantitative estimate of drug-likeness (QED) is 0.701. The van der Waals surface area contributed by atoms with Gasteiger partial charge in [0.1, 0.15) is 5.82 Å². The van der Waals surface area contributed by atoms with Gasteiger partial charge in [-0.15, -0.1) is 0 Å². The monoisotopic (exact) mass is 378 g/mol. The highest BCUT2D eigenvalue weighted by Gasteiger charge is 2.47. The van der Waals surface area contributed by atoms with Crippen molar-refractivity contribution in [3.63, 3.8) is 0 Å². The highest BCUT2D eigenvalue weighted by atomic mass is 19.1. The van der Waals surface area contributed by atoms with Gasteiger partial charge in [-0.3, -0.25) is 9.20 Å². The average Bonchev–Trinajstić information content (AvgIpc) is 2.99. The van der Waals surface area contributed by atoms with Crippen LogP contribution >= 0.6 is 0 Å². The molecule has 0 spiro atoms. The second-order valence-electron chi connectivity index (χ2n) is 8.10. The second kappa shape index (κ2) is 6.78. The van der Waals surface area contributed by atoms with Crippen molar-refractivity contribution in [1.82, 2.24) is 19.3 Å². The van der Waals surface area contributed by atoms with Crippen molar-refractivity contribution in [2.24, 2.45) is 11.8 Å². The van der Waals surface area contributed by atoms with Crippen molar-refractivity contribution in [2.75, 3.05) is 19.6 Å². The van der Waals surface area contributed by atoms with E-state index in [9.17, 15) is 9.18 Å². The molecule has 0 amide bonds. The predicted octanol–water partition coefficient (Wildman–Crippen LogP) is 2.82. The zero-order valence-electron chi connectivity index (χ0n) is 15.9. The molecule has 3 atom stereocenters. The Morgan fingerprint density at radius 1 is 1.21 bits per heavy atom. The maximum absolute atomic E-state index is 13.2. The van der Waals surface area contributed by atoms with Crippen molar-refractivity contribution in [2.45, 2.75) is 25.7 Å². The van der Waals surface area contributed by atoms with Crippen LogP contribution in [0.3, 0.4) is 0 Å². The van der Waals surface area contributed by atoms with Crippen molar-refractivity contribution in [3.8, 4) is 0 Å². The first kappa shape index (κ1) is 17.5. The van der Waals surface area contributed by atoms with Crippen molar-refractivity contribution in [3.05, 3.63) is 75.7 Å². The third-order valence-electron chi connectivity index (χ3n) is 6.52. The third-order valence-corrected chi connectivity index (χ3v) is 6.52. The molecule has 1 saturated carbocycles. The Morgan fingerprint density at radius 3 is 2.86 bits per heavy atom. The summed E-state index contributed by atoms with van der Waals surface area (Å²) >= 11 is 0. The van der Waals surface area contributed by atoms with Gasteiger partial charge in [0.2, 0.25) is 5.78 Å². The van der Waals surface area contributed by atoms with Crippen LogP contribution in [0, 0.1) is 24.6 Å². The Hall–Kier alpha value is -2.60. The van der Waals surface area contributed by atoms with Crippen LogP contribution in [-0.4, -0.2) is 38.9 Å². The number of halogens is 1. The summed E-state index contributed by atoms with van der Waals surface area (Å²) in [6.07, 6.45) is 5.26. The average molecular weight is 378 g/mol. The summed E-state index contributed by atoms with van der Waals surface area (Å²) in [5.41, 5.74) is 2.79. The summed E-state index contributed by atoms with van der Waals surface area (Å²) in [6.45, 7) is 4.90. The van der Waals surface area contributed by atoms with Crippen molar-refractivity contribution >= 4 is 5.78 Å². The fourth-order valence-electron chi connectivity index (χ4n) is 4.95. The van der Waals surface area contributed by atoms with Gasteiger partial charge in [0.25, 0.3) is 5.56 Å². The maximum atomic E-state index is 13.2. The molecule has 5 nitrogen and oxygen atoms in total. The van der Waals surface area contributed by atoms with Crippen LogP contribution < -0.4 is 5.56 Å². The molecule has 3 aromatic rings. The molecule has 6 heteroatoms. The lowest BCUT2D eigenvalue weighted by atomic mass is 9.64. The molecule has 5 rings (SSSR count). The molecule has 1 aliphatic heterocycles. The molecule has 1 aliphatic carbocycles. The van der Waals surface area contributed by atoms with Gasteiger partial charge in [-0.25, -0.2) is 14.4 Å². The van der Waals surface area contributed by atoms with Crippen LogP contribution in [0.1, 0.15) is 29.2 Å². The number of likely N-dealkylation sites (tertiary alicyclic amines) is 1. The summed E-state index contributed by atoms with van der Waals surface area (Å²) in [5, 5.41) is 0. The van der Waals surface area contributed by atoms with Crippen LogP contribution in [0.4, 0.5) is 4.39 Å². The lowest BCUT2D eigenvalue weighted by Crippen LogP contribution is -2.33. The highest BCUT2D eigenvalue weighted by molar-refractivity contribution is 5.32. The molecular weight excluding hydrogens is 355 g/mol. The first-order valence-corrected chi connectivity index (χ1v) is 9.91. The zero-order chi connectivity index (χ0) is 19.3. The number of fused-ring (bicyclic) bond motifs is 2. The minimum atomic E-state index is -0.173. The summed E-state index contributed by atoms with van der Waals surface area (Å²) in [6, 6.07) is 8.74. The Balaban J connectivity index is 1.27. The summed E-state index contributed by atoms with van der Waals surface area (Å²) in [4.78, 5) is 23.9. The van der Waals surface area contributed by atoms with Crippen LogP contribution in [0.2, 0.25) is 0 Å². The predicted molar refractivity (Wildman–Crippen MR) is 105 cm³/mol. The van der Waals surface area contributed by atoms with E-state index in [4.69, 9.17) is 0 Å². The van der Waals surface area contributed by atoms with Gasteiger partial charge < -0.3 is 4.90 Å². The number of hydrogen-bond acceptors (Lipinski definition) is 4. The number of benzene rings is 1. The van der Waals surface area contributed by atoms with Gasteiger partial charge in [-0.1, -0.05) is 12.1 Å². The van der Waals surface area contributed by atoms with Gasteiger partial charge >= 0.3 is 0 Å². The fourth-order valence-corrected chi connectivity index (χ4v) is 4.95. The van der Waals surface area contributed by atoms with Crippen LogP contribution in [0.25, 0.3) is 5.78 Å². The van der Waals surface area contributed by atoms with Gasteiger partial charge in [0.05, 0.1) is 5.69 Å². The first-order valence-electron chi connectivity index (χ1n) is 9.91. The molecule has 1 saturated heterocycles. The van der Waals surface area contributed by atoms with Crippen LogP contribution in [-0.2, 0) is 6.42 Å². The summed E-state index contributed by atoms with van der Waals surface area (Å²) < 4.78 is 14.7. The van der Waals surface area contributed by atoms with E-state index in [1.54, 1.807) is 30.6 Å². The normalized spacial score (nSPS) is 24.3. The van der Waals surface area contributed by atoms with E-state index in [1.165, 1.54) is 16.4 Å². The number of aromatic nitrogens is 3. The molecular formula is C22H23FN4O. The Kier molecular flexibility index (Phi) is 4.23. The molecule has 2 aromatic heterocycles. The third kappa shape index (κ3) is 2.92. The number of hydrogen-bond donors (Lipinski definition) is 0.